The molecule has 1 N–H and O–H groups in total. The monoisotopic (exact) mass is 343 g/mol. The lowest BCUT2D eigenvalue weighted by Gasteiger charge is -2.10. The Bertz CT molecular complexity index is 1010. The van der Waals surface area contributed by atoms with Crippen LogP contribution in [0.5, 0.6) is 0 Å². The smallest absolute Gasteiger partial charge is 0.255 e. The number of hydrogen-bond acceptors (Lipinski definition) is 4. The first-order chi connectivity index (χ1) is 11.3. The van der Waals surface area contributed by atoms with Crippen LogP contribution in [-0.2, 0) is 15.6 Å². The zero-order valence-electron chi connectivity index (χ0n) is 13.4. The van der Waals surface area contributed by atoms with Gasteiger partial charge in [-0.15, -0.1) is 0 Å². The summed E-state index contributed by atoms with van der Waals surface area (Å²) in [4.78, 5) is 16.6. The molecule has 0 aliphatic rings. The van der Waals surface area contributed by atoms with E-state index in [0.29, 0.717) is 16.8 Å². The van der Waals surface area contributed by atoms with Crippen molar-refractivity contribution < 1.29 is 13.2 Å². The van der Waals surface area contributed by atoms with Crippen molar-refractivity contribution in [2.75, 3.05) is 11.6 Å². The van der Waals surface area contributed by atoms with Crippen LogP contribution in [0.3, 0.4) is 0 Å². The molecule has 1 amide bonds. The molecule has 2 heterocycles. The maximum absolute atomic E-state index is 12.4. The van der Waals surface area contributed by atoms with E-state index in [2.05, 4.69) is 10.3 Å². The molecule has 0 radical (unpaired) electrons. The summed E-state index contributed by atoms with van der Waals surface area (Å²) in [7, 11) is -3.09. The van der Waals surface area contributed by atoms with Gasteiger partial charge in [-0.25, -0.2) is 13.4 Å². The van der Waals surface area contributed by atoms with Gasteiger partial charge in [0.2, 0.25) is 0 Å². The predicted octanol–water partition coefficient (Wildman–Crippen LogP) is 2.44. The maximum Gasteiger partial charge on any atom is 0.255 e. The zero-order valence-corrected chi connectivity index (χ0v) is 14.2. The number of fused-ring (bicyclic) bond motifs is 1. The summed E-state index contributed by atoms with van der Waals surface area (Å²) in [6.07, 6.45) is 4.72. The van der Waals surface area contributed by atoms with Crippen molar-refractivity contribution in [3.8, 4) is 0 Å². The fourth-order valence-corrected chi connectivity index (χ4v) is 3.31. The molecule has 0 aliphatic carbocycles. The topological polar surface area (TPSA) is 80.5 Å². The molecular formula is C17H17N3O3S. The molecule has 0 fully saturated rings. The number of nitrogens with zero attached hydrogens (tertiary/aromatic N) is 2. The first-order valence-corrected chi connectivity index (χ1v) is 9.40. The highest BCUT2D eigenvalue weighted by Gasteiger charge is 2.11. The van der Waals surface area contributed by atoms with E-state index in [9.17, 15) is 13.2 Å². The molecule has 6 nitrogen and oxygen atoms in total. The van der Waals surface area contributed by atoms with Crippen LogP contribution < -0.4 is 5.32 Å². The van der Waals surface area contributed by atoms with E-state index in [1.165, 1.54) is 6.26 Å². The third-order valence-corrected chi connectivity index (χ3v) is 4.57. The van der Waals surface area contributed by atoms with Crippen LogP contribution in [0, 0.1) is 6.92 Å². The van der Waals surface area contributed by atoms with Crippen LogP contribution >= 0.6 is 0 Å². The van der Waals surface area contributed by atoms with Gasteiger partial charge in [0.05, 0.1) is 11.4 Å². The number of imidazole rings is 1. The van der Waals surface area contributed by atoms with Crippen molar-refractivity contribution in [1.29, 1.82) is 0 Å². The SMILES string of the molecule is Cc1c(NC(=O)c2ccc(CS(C)(=O)=O)cc2)ccc2nccn12. The number of carbonyl (C=O) groups excluding carboxylic acids is 1. The molecule has 3 rings (SSSR count). The number of amides is 1. The number of nitrogens with one attached hydrogen (secondary N) is 1. The Hall–Kier alpha value is -2.67. The first-order valence-electron chi connectivity index (χ1n) is 7.34. The van der Waals surface area contributed by atoms with Crippen LogP contribution in [0.15, 0.2) is 48.8 Å². The second-order valence-corrected chi connectivity index (χ2v) is 7.85. The second-order valence-electron chi connectivity index (χ2n) is 5.71. The van der Waals surface area contributed by atoms with E-state index in [1.54, 1.807) is 30.5 Å². The summed E-state index contributed by atoms with van der Waals surface area (Å²) < 4.78 is 24.5. The maximum atomic E-state index is 12.4. The minimum atomic E-state index is -3.09. The Morgan fingerprint density at radius 1 is 1.17 bits per heavy atom. The van der Waals surface area contributed by atoms with E-state index >= 15 is 0 Å². The number of sulfone groups is 1. The van der Waals surface area contributed by atoms with Gasteiger partial charge in [0.25, 0.3) is 5.91 Å². The van der Waals surface area contributed by atoms with Gasteiger partial charge in [0, 0.05) is 29.9 Å². The van der Waals surface area contributed by atoms with E-state index in [-0.39, 0.29) is 11.7 Å². The van der Waals surface area contributed by atoms with Crippen molar-refractivity contribution in [3.63, 3.8) is 0 Å². The van der Waals surface area contributed by atoms with Crippen molar-refractivity contribution in [1.82, 2.24) is 9.38 Å². The normalized spacial score (nSPS) is 11.6. The quantitative estimate of drug-likeness (QED) is 0.789. The Balaban J connectivity index is 1.80. The van der Waals surface area contributed by atoms with Gasteiger partial charge in [-0.1, -0.05) is 12.1 Å². The van der Waals surface area contributed by atoms with Gasteiger partial charge in [-0.05, 0) is 36.8 Å². The molecule has 7 heteroatoms. The number of pyridine rings is 1. The molecule has 0 unspecified atom stereocenters. The summed E-state index contributed by atoms with van der Waals surface area (Å²) in [5, 5.41) is 2.87. The molecule has 2 aromatic heterocycles. The molecule has 3 aromatic rings. The van der Waals surface area contributed by atoms with Crippen LogP contribution in [-0.4, -0.2) is 30.0 Å². The van der Waals surface area contributed by atoms with Gasteiger partial charge in [-0.3, -0.25) is 4.79 Å². The van der Waals surface area contributed by atoms with Crippen LogP contribution in [0.4, 0.5) is 5.69 Å². The van der Waals surface area contributed by atoms with E-state index in [1.807, 2.05) is 29.7 Å². The third-order valence-electron chi connectivity index (χ3n) is 3.71. The summed E-state index contributed by atoms with van der Waals surface area (Å²) in [5.41, 5.74) is 3.52. The number of benzene rings is 1. The van der Waals surface area contributed by atoms with Gasteiger partial charge >= 0.3 is 0 Å². The number of aromatic nitrogens is 2. The second kappa shape index (κ2) is 6.09. The average Bonchev–Trinajstić information content (AvgIpc) is 2.98. The van der Waals surface area contributed by atoms with Crippen LogP contribution in [0.1, 0.15) is 21.6 Å². The molecule has 24 heavy (non-hydrogen) atoms. The zero-order chi connectivity index (χ0) is 17.3. The fourth-order valence-electron chi connectivity index (χ4n) is 2.51. The van der Waals surface area contributed by atoms with Gasteiger partial charge in [-0.2, -0.15) is 0 Å². The Labute approximate surface area is 140 Å². The molecule has 0 atom stereocenters. The third kappa shape index (κ3) is 3.46. The molecule has 0 aliphatic heterocycles. The Kier molecular flexibility index (Phi) is 4.11. The lowest BCUT2D eigenvalue weighted by Crippen LogP contribution is -2.14. The Morgan fingerprint density at radius 2 is 1.88 bits per heavy atom. The van der Waals surface area contributed by atoms with Crippen molar-refractivity contribution >= 4 is 27.1 Å². The number of carbonyl (C=O) groups is 1. The first kappa shape index (κ1) is 16.2. The lowest BCUT2D eigenvalue weighted by molar-refractivity contribution is 0.102. The largest absolute Gasteiger partial charge is 0.320 e. The minimum absolute atomic E-state index is 0.0364. The number of hydrogen-bond donors (Lipinski definition) is 1. The standard InChI is InChI=1S/C17H17N3O3S/c1-12-15(7-8-16-18-9-10-20(12)16)19-17(21)14-5-3-13(4-6-14)11-24(2,22)23/h3-10H,11H2,1-2H3,(H,19,21). The molecule has 0 spiro atoms. The summed E-state index contributed by atoms with van der Waals surface area (Å²) in [6.45, 7) is 1.90. The van der Waals surface area contributed by atoms with E-state index < -0.39 is 9.84 Å². The molecule has 0 saturated heterocycles. The minimum Gasteiger partial charge on any atom is -0.320 e. The highest BCUT2D eigenvalue weighted by Crippen LogP contribution is 2.18. The van der Waals surface area contributed by atoms with Gasteiger partial charge < -0.3 is 9.72 Å². The summed E-state index contributed by atoms with van der Waals surface area (Å²) in [6, 6.07) is 10.2. The fraction of sp³-hybridized carbons (Fsp3) is 0.176. The summed E-state index contributed by atoms with van der Waals surface area (Å²) in [5.74, 6) is -0.283. The molecule has 0 bridgehead atoms. The lowest BCUT2D eigenvalue weighted by atomic mass is 10.1. The Morgan fingerprint density at radius 3 is 2.54 bits per heavy atom. The highest BCUT2D eigenvalue weighted by molar-refractivity contribution is 7.89. The van der Waals surface area contributed by atoms with E-state index in [4.69, 9.17) is 0 Å². The van der Waals surface area contributed by atoms with Crippen LogP contribution in [0.25, 0.3) is 5.65 Å². The van der Waals surface area contributed by atoms with Crippen molar-refractivity contribution in [3.05, 3.63) is 65.6 Å². The number of aryl methyl sites for hydroxylation is 1. The van der Waals surface area contributed by atoms with Crippen molar-refractivity contribution in [2.24, 2.45) is 0 Å². The van der Waals surface area contributed by atoms with E-state index in [0.717, 1.165) is 11.3 Å². The van der Waals surface area contributed by atoms with Crippen molar-refractivity contribution in [2.45, 2.75) is 12.7 Å². The van der Waals surface area contributed by atoms with Gasteiger partial charge in [0.1, 0.15) is 5.65 Å². The molecule has 0 saturated carbocycles. The number of rotatable bonds is 4. The molecule has 124 valence electrons. The summed E-state index contributed by atoms with van der Waals surface area (Å²) >= 11 is 0. The van der Waals surface area contributed by atoms with Gasteiger partial charge in [0.15, 0.2) is 9.84 Å². The molecule has 1 aromatic carbocycles. The van der Waals surface area contributed by atoms with Crippen LogP contribution in [0.2, 0.25) is 0 Å². The average molecular weight is 343 g/mol. The molecular weight excluding hydrogens is 326 g/mol. The predicted molar refractivity (Wildman–Crippen MR) is 92.9 cm³/mol. The number of anilines is 1. The highest BCUT2D eigenvalue weighted by atomic mass is 32.2.